The Labute approximate surface area is 156 Å². The molecule has 0 saturated carbocycles. The number of Topliss-reactive ketones (excluding diaryl/α,β-unsaturated/α-hetero) is 1. The first-order chi connectivity index (χ1) is 12.1. The molecule has 8 heteroatoms. The van der Waals surface area contributed by atoms with Crippen LogP contribution in [0.1, 0.15) is 28.4 Å². The summed E-state index contributed by atoms with van der Waals surface area (Å²) >= 11 is 2.85. The van der Waals surface area contributed by atoms with Crippen LogP contribution in [0, 0.1) is 0 Å². The fraction of sp³-hybridized carbons (Fsp3) is 0.222. The number of carbonyl (C=O) groups excluding carboxylic acids is 2. The Bertz CT molecular complexity index is 850. The third-order valence-electron chi connectivity index (χ3n) is 3.59. The van der Waals surface area contributed by atoms with Crippen molar-refractivity contribution in [2.45, 2.75) is 19.5 Å². The maximum atomic E-state index is 12.9. The molecule has 0 bridgehead atoms. The molecule has 1 N–H and O–H groups in total. The zero-order chi connectivity index (χ0) is 19.5. The van der Waals surface area contributed by atoms with Crippen LogP contribution >= 0.6 is 15.9 Å². The first kappa shape index (κ1) is 20.0. The average molecular weight is 430 g/mol. The normalized spacial score (nSPS) is 11.2. The highest BCUT2D eigenvalue weighted by Gasteiger charge is 2.33. The zero-order valence-corrected chi connectivity index (χ0v) is 15.5. The second kappa shape index (κ2) is 7.90. The van der Waals surface area contributed by atoms with Crippen LogP contribution in [0.4, 0.5) is 18.9 Å². The Kier molecular flexibility index (Phi) is 6.07. The van der Waals surface area contributed by atoms with Gasteiger partial charge in [0.25, 0.3) is 0 Å². The van der Waals surface area contributed by atoms with Crippen molar-refractivity contribution < 1.29 is 27.5 Å². The number of halogens is 4. The van der Waals surface area contributed by atoms with Gasteiger partial charge < -0.3 is 10.1 Å². The molecule has 0 radical (unpaired) electrons. The summed E-state index contributed by atoms with van der Waals surface area (Å²) in [6, 6.07) is 8.11. The molecule has 2 rings (SSSR count). The maximum Gasteiger partial charge on any atom is 0.417 e. The molecule has 0 fully saturated rings. The van der Waals surface area contributed by atoms with Crippen LogP contribution < -0.4 is 10.1 Å². The predicted octanol–water partition coefficient (Wildman–Crippen LogP) is 4.86. The van der Waals surface area contributed by atoms with Crippen molar-refractivity contribution in [2.75, 3.05) is 12.4 Å². The number of amides is 1. The number of anilines is 1. The largest absolute Gasteiger partial charge is 0.496 e. The minimum Gasteiger partial charge on any atom is -0.496 e. The Morgan fingerprint density at radius 2 is 1.85 bits per heavy atom. The van der Waals surface area contributed by atoms with Crippen LogP contribution in [0.25, 0.3) is 0 Å². The van der Waals surface area contributed by atoms with E-state index in [0.29, 0.717) is 16.9 Å². The van der Waals surface area contributed by atoms with Gasteiger partial charge in [0.15, 0.2) is 5.78 Å². The number of ketones is 1. The summed E-state index contributed by atoms with van der Waals surface area (Å²) in [6.07, 6.45) is -4.69. The lowest BCUT2D eigenvalue weighted by Crippen LogP contribution is -2.16. The van der Waals surface area contributed by atoms with Gasteiger partial charge in [-0.3, -0.25) is 9.59 Å². The highest BCUT2D eigenvalue weighted by atomic mass is 79.9. The molecule has 0 aliphatic rings. The smallest absolute Gasteiger partial charge is 0.417 e. The van der Waals surface area contributed by atoms with Crippen molar-refractivity contribution in [3.05, 3.63) is 57.6 Å². The van der Waals surface area contributed by atoms with Gasteiger partial charge in [0.05, 0.1) is 19.1 Å². The minimum absolute atomic E-state index is 0.0206. The molecule has 26 heavy (non-hydrogen) atoms. The van der Waals surface area contributed by atoms with Crippen LogP contribution in [-0.2, 0) is 17.4 Å². The van der Waals surface area contributed by atoms with Crippen LogP contribution in [0.3, 0.4) is 0 Å². The van der Waals surface area contributed by atoms with Gasteiger partial charge in [-0.15, -0.1) is 0 Å². The standard InChI is InChI=1S/C18H15BrF3NO3/c1-10(24)11-3-6-16(26-2)12(7-11)8-17(25)23-13-4-5-15(19)14(9-13)18(20,21)22/h3-7,9H,8H2,1-2H3,(H,23,25). The summed E-state index contributed by atoms with van der Waals surface area (Å²) in [6.45, 7) is 1.39. The molecule has 0 aliphatic carbocycles. The predicted molar refractivity (Wildman–Crippen MR) is 94.5 cm³/mol. The lowest BCUT2D eigenvalue weighted by atomic mass is 10.0. The number of benzene rings is 2. The molecule has 0 heterocycles. The molecule has 4 nitrogen and oxygen atoms in total. The lowest BCUT2D eigenvalue weighted by molar-refractivity contribution is -0.138. The van der Waals surface area contributed by atoms with Gasteiger partial charge >= 0.3 is 6.18 Å². The summed E-state index contributed by atoms with van der Waals surface area (Å²) in [5, 5.41) is 2.43. The van der Waals surface area contributed by atoms with Crippen molar-refractivity contribution in [3.63, 3.8) is 0 Å². The summed E-state index contributed by atoms with van der Waals surface area (Å²) < 4.78 is 43.9. The lowest BCUT2D eigenvalue weighted by Gasteiger charge is -2.13. The van der Waals surface area contributed by atoms with E-state index < -0.39 is 17.6 Å². The number of alkyl halides is 3. The Morgan fingerprint density at radius 3 is 2.42 bits per heavy atom. The SMILES string of the molecule is COc1ccc(C(C)=O)cc1CC(=O)Nc1ccc(Br)c(C(F)(F)F)c1. The molecular weight excluding hydrogens is 415 g/mol. The van der Waals surface area contributed by atoms with E-state index in [2.05, 4.69) is 21.2 Å². The number of ether oxygens (including phenoxy) is 1. The van der Waals surface area contributed by atoms with Gasteiger partial charge in [-0.2, -0.15) is 13.2 Å². The van der Waals surface area contributed by atoms with E-state index >= 15 is 0 Å². The molecule has 2 aromatic carbocycles. The summed E-state index contributed by atoms with van der Waals surface area (Å²) in [5.74, 6) is -0.284. The van der Waals surface area contributed by atoms with E-state index in [9.17, 15) is 22.8 Å². The van der Waals surface area contributed by atoms with E-state index in [0.717, 1.165) is 6.07 Å². The Hall–Kier alpha value is -2.35. The fourth-order valence-electron chi connectivity index (χ4n) is 2.33. The monoisotopic (exact) mass is 429 g/mol. The van der Waals surface area contributed by atoms with E-state index in [1.807, 2.05) is 0 Å². The first-order valence-corrected chi connectivity index (χ1v) is 8.25. The number of methoxy groups -OCH3 is 1. The topological polar surface area (TPSA) is 55.4 Å². The van der Waals surface area contributed by atoms with E-state index in [4.69, 9.17) is 4.74 Å². The van der Waals surface area contributed by atoms with E-state index in [-0.39, 0.29) is 22.4 Å². The van der Waals surface area contributed by atoms with E-state index in [1.165, 1.54) is 32.2 Å². The summed E-state index contributed by atoms with van der Waals surface area (Å²) in [4.78, 5) is 23.7. The number of hydrogen-bond donors (Lipinski definition) is 1. The third-order valence-corrected chi connectivity index (χ3v) is 4.28. The van der Waals surface area contributed by atoms with Gasteiger partial charge in [-0.05, 0) is 43.3 Å². The quantitative estimate of drug-likeness (QED) is 0.690. The van der Waals surface area contributed by atoms with Crippen molar-refractivity contribution in [1.29, 1.82) is 0 Å². The third kappa shape index (κ3) is 4.85. The van der Waals surface area contributed by atoms with Crippen LogP contribution in [-0.4, -0.2) is 18.8 Å². The number of hydrogen-bond acceptors (Lipinski definition) is 3. The van der Waals surface area contributed by atoms with Gasteiger partial charge in [0.1, 0.15) is 5.75 Å². The van der Waals surface area contributed by atoms with Crippen LogP contribution in [0.15, 0.2) is 40.9 Å². The second-order valence-corrected chi connectivity index (χ2v) is 6.35. The average Bonchev–Trinajstić information content (AvgIpc) is 2.55. The van der Waals surface area contributed by atoms with Crippen molar-refractivity contribution in [3.8, 4) is 5.75 Å². The molecule has 0 saturated heterocycles. The maximum absolute atomic E-state index is 12.9. The van der Waals surface area contributed by atoms with Gasteiger partial charge in [-0.1, -0.05) is 15.9 Å². The number of nitrogens with one attached hydrogen (secondary N) is 1. The molecule has 0 spiro atoms. The van der Waals surface area contributed by atoms with Crippen molar-refractivity contribution in [2.24, 2.45) is 0 Å². The van der Waals surface area contributed by atoms with Crippen molar-refractivity contribution in [1.82, 2.24) is 0 Å². The van der Waals surface area contributed by atoms with E-state index in [1.54, 1.807) is 12.1 Å². The zero-order valence-electron chi connectivity index (χ0n) is 13.9. The number of carbonyl (C=O) groups is 2. The molecule has 2 aromatic rings. The van der Waals surface area contributed by atoms with Crippen LogP contribution in [0.5, 0.6) is 5.75 Å². The second-order valence-electron chi connectivity index (χ2n) is 5.50. The minimum atomic E-state index is -4.54. The molecule has 0 unspecified atom stereocenters. The fourth-order valence-corrected chi connectivity index (χ4v) is 2.81. The molecule has 0 atom stereocenters. The number of rotatable bonds is 5. The van der Waals surface area contributed by atoms with Crippen LogP contribution in [0.2, 0.25) is 0 Å². The molecule has 0 aliphatic heterocycles. The molecular formula is C18H15BrF3NO3. The van der Waals surface area contributed by atoms with Gasteiger partial charge in [-0.25, -0.2) is 0 Å². The van der Waals surface area contributed by atoms with Crippen molar-refractivity contribution >= 4 is 33.3 Å². The summed E-state index contributed by atoms with van der Waals surface area (Å²) in [5.41, 5.74) is 0.0149. The Morgan fingerprint density at radius 1 is 1.15 bits per heavy atom. The highest BCUT2D eigenvalue weighted by molar-refractivity contribution is 9.10. The molecule has 0 aromatic heterocycles. The first-order valence-electron chi connectivity index (χ1n) is 7.46. The molecule has 138 valence electrons. The van der Waals surface area contributed by atoms with Gasteiger partial charge in [0.2, 0.25) is 5.91 Å². The highest BCUT2D eigenvalue weighted by Crippen LogP contribution is 2.36. The summed E-state index contributed by atoms with van der Waals surface area (Å²) in [7, 11) is 1.43. The van der Waals surface area contributed by atoms with Gasteiger partial charge in [0, 0.05) is 21.3 Å². The molecule has 1 amide bonds. The Balaban J connectivity index is 2.22.